The second kappa shape index (κ2) is 7.32. The average molecular weight is 160 g/mol. The topological polar surface area (TPSA) is 12.5 Å². The van der Waals surface area contributed by atoms with Gasteiger partial charge in [-0.3, -0.25) is 0 Å². The van der Waals surface area contributed by atoms with Crippen LogP contribution in [0.25, 0.3) is 0 Å². The van der Waals surface area contributed by atoms with E-state index in [1.165, 1.54) is 0 Å². The van der Waals surface area contributed by atoms with Crippen molar-refractivity contribution in [2.24, 2.45) is 0 Å². The third kappa shape index (κ3) is 5.64. The zero-order valence-corrected chi connectivity index (χ0v) is 8.82. The number of hydrogen-bond acceptors (Lipinski definition) is 2. The van der Waals surface area contributed by atoms with Crippen molar-refractivity contribution in [3.05, 3.63) is 0 Å². The van der Waals surface area contributed by atoms with Gasteiger partial charge in [-0.2, -0.15) is 0 Å². The van der Waals surface area contributed by atoms with Gasteiger partial charge in [-0.05, 0) is 7.05 Å². The van der Waals surface area contributed by atoms with E-state index < -0.39 is 0 Å². The van der Waals surface area contributed by atoms with E-state index in [1.807, 2.05) is 0 Å². The molecule has 0 amide bonds. The number of halogens is 1. The summed E-state index contributed by atoms with van der Waals surface area (Å²) in [6.07, 6.45) is 0. The van der Waals surface area contributed by atoms with Gasteiger partial charge in [0.25, 0.3) is 0 Å². The van der Waals surface area contributed by atoms with Gasteiger partial charge in [0.15, 0.2) is 0 Å². The summed E-state index contributed by atoms with van der Waals surface area (Å²) in [7, 11) is 2.11. The number of hydrogen-bond donors (Lipinski definition) is 0. The molecule has 0 atom stereocenters. The van der Waals surface area contributed by atoms with Crippen LogP contribution in [0.1, 0.15) is 0 Å². The SMILES string of the molecule is CN1CCOCC1.[Cl-].[Na+]. The van der Waals surface area contributed by atoms with Crippen LogP contribution in [0, 0.1) is 0 Å². The standard InChI is InChI=1S/C5H11NO.ClH.Na/c1-6-2-4-7-5-3-6;;/h2-5H2,1H3;1H;/q;;+1/p-1. The third-order valence-corrected chi connectivity index (χ3v) is 1.23. The Hall–Kier alpha value is 1.21. The van der Waals surface area contributed by atoms with E-state index in [0.29, 0.717) is 0 Å². The summed E-state index contributed by atoms with van der Waals surface area (Å²) in [6, 6.07) is 0. The van der Waals surface area contributed by atoms with Gasteiger partial charge < -0.3 is 22.0 Å². The van der Waals surface area contributed by atoms with Gasteiger partial charge in [0.05, 0.1) is 13.2 Å². The molecule has 50 valence electrons. The Balaban J connectivity index is 0. The summed E-state index contributed by atoms with van der Waals surface area (Å²) in [5.41, 5.74) is 0. The number of likely N-dealkylation sites (N-methyl/N-ethyl adjacent to an activating group) is 1. The van der Waals surface area contributed by atoms with Gasteiger partial charge in [0.2, 0.25) is 0 Å². The summed E-state index contributed by atoms with van der Waals surface area (Å²) in [5.74, 6) is 0. The summed E-state index contributed by atoms with van der Waals surface area (Å²) in [6.45, 7) is 4.02. The maximum Gasteiger partial charge on any atom is 1.00 e. The summed E-state index contributed by atoms with van der Waals surface area (Å²) >= 11 is 0. The molecule has 0 aromatic heterocycles. The quantitative estimate of drug-likeness (QED) is 0.327. The van der Waals surface area contributed by atoms with Crippen LogP contribution >= 0.6 is 0 Å². The van der Waals surface area contributed by atoms with Crippen molar-refractivity contribution in [1.29, 1.82) is 0 Å². The molecule has 1 aliphatic rings. The predicted molar refractivity (Wildman–Crippen MR) is 28.3 cm³/mol. The molecule has 0 spiro atoms. The van der Waals surface area contributed by atoms with Gasteiger partial charge in [-0.15, -0.1) is 0 Å². The second-order valence-electron chi connectivity index (χ2n) is 1.92. The van der Waals surface area contributed by atoms with Gasteiger partial charge in [0.1, 0.15) is 0 Å². The molecule has 1 rings (SSSR count). The molecule has 0 N–H and O–H groups in total. The van der Waals surface area contributed by atoms with E-state index in [1.54, 1.807) is 0 Å². The first kappa shape index (κ1) is 12.8. The Bertz CT molecular complexity index is 58.9. The van der Waals surface area contributed by atoms with Crippen molar-refractivity contribution >= 4 is 0 Å². The van der Waals surface area contributed by atoms with Gasteiger partial charge in [-0.25, -0.2) is 0 Å². The van der Waals surface area contributed by atoms with E-state index >= 15 is 0 Å². The zero-order valence-electron chi connectivity index (χ0n) is 6.06. The molecule has 0 unspecified atom stereocenters. The Morgan fingerprint density at radius 3 is 1.89 bits per heavy atom. The molecule has 0 aliphatic carbocycles. The smallest absolute Gasteiger partial charge is 1.00 e. The van der Waals surface area contributed by atoms with Crippen LogP contribution < -0.4 is 42.0 Å². The molecule has 1 aliphatic heterocycles. The fraction of sp³-hybridized carbons (Fsp3) is 1.00. The largest absolute Gasteiger partial charge is 1.00 e. The average Bonchev–Trinajstić information content (AvgIpc) is 1.69. The number of nitrogens with zero attached hydrogens (tertiary/aromatic N) is 1. The first-order valence-corrected chi connectivity index (χ1v) is 2.66. The second-order valence-corrected chi connectivity index (χ2v) is 1.92. The Labute approximate surface area is 84.6 Å². The molecule has 0 aromatic rings. The molecule has 4 heteroatoms. The van der Waals surface area contributed by atoms with Crippen LogP contribution in [-0.4, -0.2) is 38.3 Å². The molecule has 0 aromatic carbocycles. The van der Waals surface area contributed by atoms with E-state index in [-0.39, 0.29) is 42.0 Å². The molecule has 0 saturated carbocycles. The van der Waals surface area contributed by atoms with E-state index in [9.17, 15) is 0 Å². The Morgan fingerprint density at radius 2 is 1.67 bits per heavy atom. The van der Waals surface area contributed by atoms with Crippen molar-refractivity contribution in [2.45, 2.75) is 0 Å². The molecule has 0 radical (unpaired) electrons. The third-order valence-electron chi connectivity index (χ3n) is 1.23. The van der Waals surface area contributed by atoms with Gasteiger partial charge >= 0.3 is 29.6 Å². The fourth-order valence-corrected chi connectivity index (χ4v) is 0.655. The van der Waals surface area contributed by atoms with E-state index in [2.05, 4.69) is 11.9 Å². The first-order valence-electron chi connectivity index (χ1n) is 2.66. The predicted octanol–water partition coefficient (Wildman–Crippen LogP) is -6.04. The van der Waals surface area contributed by atoms with Crippen molar-refractivity contribution in [3.63, 3.8) is 0 Å². The van der Waals surface area contributed by atoms with Crippen molar-refractivity contribution in [2.75, 3.05) is 33.4 Å². The van der Waals surface area contributed by atoms with Crippen LogP contribution in [0.4, 0.5) is 0 Å². The minimum absolute atomic E-state index is 0. The minimum atomic E-state index is 0. The summed E-state index contributed by atoms with van der Waals surface area (Å²) in [5, 5.41) is 0. The molecule has 9 heavy (non-hydrogen) atoms. The molecule has 1 fully saturated rings. The normalized spacial score (nSPS) is 19.7. The van der Waals surface area contributed by atoms with Crippen LogP contribution in [0.15, 0.2) is 0 Å². The molecule has 0 bridgehead atoms. The molecular formula is C5H11ClNNaO. The van der Waals surface area contributed by atoms with Crippen molar-refractivity contribution < 1.29 is 46.7 Å². The molecule has 1 saturated heterocycles. The Morgan fingerprint density at radius 1 is 1.22 bits per heavy atom. The van der Waals surface area contributed by atoms with Crippen LogP contribution in [0.2, 0.25) is 0 Å². The summed E-state index contributed by atoms with van der Waals surface area (Å²) in [4.78, 5) is 2.27. The van der Waals surface area contributed by atoms with Crippen LogP contribution in [0.3, 0.4) is 0 Å². The van der Waals surface area contributed by atoms with Crippen LogP contribution in [0.5, 0.6) is 0 Å². The summed E-state index contributed by atoms with van der Waals surface area (Å²) < 4.78 is 5.10. The zero-order chi connectivity index (χ0) is 5.11. The van der Waals surface area contributed by atoms with Crippen LogP contribution in [-0.2, 0) is 4.74 Å². The minimum Gasteiger partial charge on any atom is -1.00 e. The van der Waals surface area contributed by atoms with Crippen molar-refractivity contribution in [3.8, 4) is 0 Å². The van der Waals surface area contributed by atoms with Crippen molar-refractivity contribution in [1.82, 2.24) is 4.90 Å². The molecule has 2 nitrogen and oxygen atoms in total. The van der Waals surface area contributed by atoms with Gasteiger partial charge in [-0.1, -0.05) is 0 Å². The van der Waals surface area contributed by atoms with E-state index in [0.717, 1.165) is 26.3 Å². The first-order chi connectivity index (χ1) is 3.39. The molecular weight excluding hydrogens is 149 g/mol. The van der Waals surface area contributed by atoms with Gasteiger partial charge in [0, 0.05) is 13.1 Å². The number of ether oxygens (including phenoxy) is 1. The van der Waals surface area contributed by atoms with E-state index in [4.69, 9.17) is 4.74 Å². The fourth-order valence-electron chi connectivity index (χ4n) is 0.655. The Kier molecular flexibility index (Phi) is 10.4. The monoisotopic (exact) mass is 159 g/mol. The molecule has 1 heterocycles. The number of morpholine rings is 1. The maximum absolute atomic E-state index is 5.10. The number of rotatable bonds is 0. The maximum atomic E-state index is 5.10.